The normalized spacial score (nSPS) is 11.3. The Hall–Kier alpha value is -1.65. The van der Waals surface area contributed by atoms with E-state index in [1.54, 1.807) is 0 Å². The maximum atomic E-state index is 5.98. The fraction of sp³-hybridized carbons (Fsp3) is 0.412. The van der Waals surface area contributed by atoms with Gasteiger partial charge in [0, 0.05) is 11.8 Å². The van der Waals surface area contributed by atoms with Gasteiger partial charge in [-0.3, -0.25) is 5.32 Å². The van der Waals surface area contributed by atoms with Gasteiger partial charge in [-0.1, -0.05) is 32.9 Å². The van der Waals surface area contributed by atoms with Crippen LogP contribution in [0.2, 0.25) is 0 Å². The van der Waals surface area contributed by atoms with Crippen LogP contribution in [0.25, 0.3) is 22.1 Å². The number of para-hydroxylation sites is 1. The van der Waals surface area contributed by atoms with E-state index in [-0.39, 0.29) is 12.4 Å². The van der Waals surface area contributed by atoms with Crippen LogP contribution in [0.4, 0.5) is 5.82 Å². The molecule has 0 radical (unpaired) electrons. The molecule has 22 heavy (non-hydrogen) atoms. The average Bonchev–Trinajstić information content (AvgIpc) is 2.85. The quantitative estimate of drug-likeness (QED) is 0.730. The summed E-state index contributed by atoms with van der Waals surface area (Å²) >= 11 is 0. The zero-order valence-electron chi connectivity index (χ0n) is 13.3. The highest BCUT2D eigenvalue weighted by Gasteiger charge is 2.17. The Morgan fingerprint density at radius 2 is 1.95 bits per heavy atom. The fourth-order valence-electron chi connectivity index (χ4n) is 2.51. The predicted octanol–water partition coefficient (Wildman–Crippen LogP) is 0.183. The number of rotatable bonds is 5. The van der Waals surface area contributed by atoms with Crippen LogP contribution in [0, 0.1) is 5.92 Å². The highest BCUT2D eigenvalue weighted by Crippen LogP contribution is 2.29. The van der Waals surface area contributed by atoms with E-state index in [9.17, 15) is 0 Å². The minimum atomic E-state index is 0. The van der Waals surface area contributed by atoms with Gasteiger partial charge in [0.05, 0.1) is 6.54 Å². The molecule has 3 aromatic rings. The van der Waals surface area contributed by atoms with Crippen LogP contribution in [0.5, 0.6) is 0 Å². The Balaban J connectivity index is 0.00000176. The molecule has 0 amide bonds. The van der Waals surface area contributed by atoms with Gasteiger partial charge in [0.15, 0.2) is 0 Å². The monoisotopic (exact) mass is 319 g/mol. The molecule has 2 heterocycles. The molecule has 5 heteroatoms. The van der Waals surface area contributed by atoms with Crippen LogP contribution >= 0.6 is 0 Å². The summed E-state index contributed by atoms with van der Waals surface area (Å²) in [5.74, 6) is 2.51. The van der Waals surface area contributed by atoms with E-state index >= 15 is 0 Å². The van der Waals surface area contributed by atoms with Crippen molar-refractivity contribution in [1.29, 1.82) is 0 Å². The first-order chi connectivity index (χ1) is 10.2. The van der Waals surface area contributed by atoms with Gasteiger partial charge < -0.3 is 16.8 Å². The Morgan fingerprint density at radius 3 is 2.68 bits per heavy atom. The van der Waals surface area contributed by atoms with Crippen LogP contribution in [-0.2, 0) is 6.42 Å². The minimum absolute atomic E-state index is 0. The van der Waals surface area contributed by atoms with Gasteiger partial charge in [-0.05, 0) is 24.5 Å². The van der Waals surface area contributed by atoms with E-state index in [1.807, 2.05) is 18.2 Å². The summed E-state index contributed by atoms with van der Waals surface area (Å²) in [6.07, 6.45) is 1.99. The largest absolute Gasteiger partial charge is 1.00 e. The molecule has 0 saturated heterocycles. The van der Waals surface area contributed by atoms with Gasteiger partial charge in [0.1, 0.15) is 16.9 Å². The summed E-state index contributed by atoms with van der Waals surface area (Å²) < 4.78 is 5.98. The van der Waals surface area contributed by atoms with E-state index in [1.165, 1.54) is 0 Å². The molecule has 0 saturated carbocycles. The Labute approximate surface area is 136 Å². The number of fused-ring (bicyclic) bond motifs is 3. The maximum Gasteiger partial charge on any atom is 0.272 e. The van der Waals surface area contributed by atoms with Crippen molar-refractivity contribution in [1.82, 2.24) is 9.97 Å². The third-order valence-corrected chi connectivity index (χ3v) is 3.69. The van der Waals surface area contributed by atoms with Gasteiger partial charge in [-0.25, -0.2) is 4.98 Å². The summed E-state index contributed by atoms with van der Waals surface area (Å²) in [6, 6.07) is 8.06. The van der Waals surface area contributed by atoms with Crippen molar-refractivity contribution in [3.8, 4) is 0 Å². The molecule has 2 N–H and O–H groups in total. The molecule has 0 aliphatic heterocycles. The fourth-order valence-corrected chi connectivity index (χ4v) is 2.51. The molecule has 1 aromatic carbocycles. The number of hydrogen-bond acceptors (Lipinski definition) is 3. The van der Waals surface area contributed by atoms with Crippen molar-refractivity contribution in [3.05, 3.63) is 30.1 Å². The highest BCUT2D eigenvalue weighted by atomic mass is 35.5. The number of aryl methyl sites for hydroxylation is 1. The molecule has 0 unspecified atom stereocenters. The molecule has 0 atom stereocenters. The molecule has 0 aliphatic carbocycles. The number of furan rings is 1. The molecule has 0 bridgehead atoms. The lowest BCUT2D eigenvalue weighted by molar-refractivity contribution is -0.575. The Kier molecular flexibility index (Phi) is 5.37. The molecule has 118 valence electrons. The van der Waals surface area contributed by atoms with Gasteiger partial charge in [0.2, 0.25) is 5.58 Å². The SMILES string of the molecule is CCc1nc([NH2+]CCC(C)C)c2oc3ccccc3c2n1.[Cl-]. The molecule has 0 spiro atoms. The first-order valence-corrected chi connectivity index (χ1v) is 7.70. The second kappa shape index (κ2) is 7.07. The van der Waals surface area contributed by atoms with Gasteiger partial charge in [-0.15, -0.1) is 0 Å². The van der Waals surface area contributed by atoms with Crippen molar-refractivity contribution in [2.45, 2.75) is 33.6 Å². The van der Waals surface area contributed by atoms with Crippen LogP contribution in [0.15, 0.2) is 28.7 Å². The third kappa shape index (κ3) is 3.23. The molecule has 0 fully saturated rings. The van der Waals surface area contributed by atoms with Crippen LogP contribution < -0.4 is 17.7 Å². The van der Waals surface area contributed by atoms with Crippen LogP contribution in [0.1, 0.15) is 33.0 Å². The topological polar surface area (TPSA) is 55.5 Å². The van der Waals surface area contributed by atoms with Crippen LogP contribution in [-0.4, -0.2) is 16.5 Å². The first kappa shape index (κ1) is 16.7. The number of nitrogens with two attached hydrogens (primary N) is 1. The van der Waals surface area contributed by atoms with Crippen LogP contribution in [0.3, 0.4) is 0 Å². The third-order valence-electron chi connectivity index (χ3n) is 3.69. The summed E-state index contributed by atoms with van der Waals surface area (Å²) in [7, 11) is 0. The van der Waals surface area contributed by atoms with Gasteiger partial charge >= 0.3 is 0 Å². The smallest absolute Gasteiger partial charge is 0.272 e. The minimum Gasteiger partial charge on any atom is -1.00 e. The number of quaternary nitrogens is 1. The summed E-state index contributed by atoms with van der Waals surface area (Å²) in [4.78, 5) is 9.31. The number of benzene rings is 1. The summed E-state index contributed by atoms with van der Waals surface area (Å²) in [6.45, 7) is 7.58. The van der Waals surface area contributed by atoms with Crippen molar-refractivity contribution in [3.63, 3.8) is 0 Å². The van der Waals surface area contributed by atoms with E-state index < -0.39 is 0 Å². The second-order valence-electron chi connectivity index (χ2n) is 5.83. The molecule has 0 aliphatic rings. The van der Waals surface area contributed by atoms with Gasteiger partial charge in [0.25, 0.3) is 5.82 Å². The van der Waals surface area contributed by atoms with E-state index in [4.69, 9.17) is 4.42 Å². The number of nitrogens with zero attached hydrogens (tertiary/aromatic N) is 2. The van der Waals surface area contributed by atoms with Gasteiger partial charge in [-0.2, -0.15) is 4.98 Å². The van der Waals surface area contributed by atoms with E-state index in [2.05, 4.69) is 42.1 Å². The first-order valence-electron chi connectivity index (χ1n) is 7.70. The Morgan fingerprint density at radius 1 is 1.18 bits per heavy atom. The van der Waals surface area contributed by atoms with E-state index in [0.29, 0.717) is 5.92 Å². The number of aromatic nitrogens is 2. The molecule has 3 rings (SSSR count). The maximum absolute atomic E-state index is 5.98. The van der Waals surface area contributed by atoms with Crippen molar-refractivity contribution < 1.29 is 22.1 Å². The molecular formula is C17H22ClN3O. The predicted molar refractivity (Wildman–Crippen MR) is 84.6 cm³/mol. The van der Waals surface area contributed by atoms with Crippen molar-refractivity contribution in [2.24, 2.45) is 5.92 Å². The summed E-state index contributed by atoms with van der Waals surface area (Å²) in [5, 5.41) is 3.26. The summed E-state index contributed by atoms with van der Waals surface area (Å²) in [5.41, 5.74) is 2.64. The van der Waals surface area contributed by atoms with Crippen molar-refractivity contribution >= 4 is 27.9 Å². The molecular weight excluding hydrogens is 298 g/mol. The molecule has 2 aromatic heterocycles. The zero-order chi connectivity index (χ0) is 14.8. The lowest BCUT2D eigenvalue weighted by Crippen LogP contribution is -3.00. The van der Waals surface area contributed by atoms with Crippen molar-refractivity contribution in [2.75, 3.05) is 6.54 Å². The second-order valence-corrected chi connectivity index (χ2v) is 5.83. The number of hydrogen-bond donors (Lipinski definition) is 1. The highest BCUT2D eigenvalue weighted by molar-refractivity contribution is 6.04. The molecule has 4 nitrogen and oxygen atoms in total. The number of halogens is 1. The zero-order valence-corrected chi connectivity index (χ0v) is 14.0. The lowest BCUT2D eigenvalue weighted by atomic mass is 10.1. The Bertz CT molecular complexity index is 767. The van der Waals surface area contributed by atoms with E-state index in [0.717, 1.165) is 53.1 Å². The lowest BCUT2D eigenvalue weighted by Gasteiger charge is -2.04. The standard InChI is InChI=1S/C17H21N3O.ClH/c1-4-14-19-15-12-7-5-6-8-13(12)21-16(15)17(20-14)18-10-9-11(2)3;/h5-8,11H,4,9-10H2,1-3H3,(H,18,19,20);1H. The average molecular weight is 320 g/mol.